The van der Waals surface area contributed by atoms with Gasteiger partial charge in [0.25, 0.3) is 5.89 Å². The van der Waals surface area contributed by atoms with Crippen LogP contribution in [0.2, 0.25) is 0 Å². The van der Waals surface area contributed by atoms with Crippen LogP contribution in [0.15, 0.2) is 69.8 Å². The third kappa shape index (κ3) is 5.04. The van der Waals surface area contributed by atoms with E-state index < -0.39 is 5.60 Å². The first-order valence-corrected chi connectivity index (χ1v) is 11.8. The fourth-order valence-electron chi connectivity index (χ4n) is 3.39. The molecule has 0 spiro atoms. The first kappa shape index (κ1) is 21.7. The highest BCUT2D eigenvalue weighted by atomic mass is 32.1. The van der Waals surface area contributed by atoms with E-state index in [1.54, 1.807) is 0 Å². The minimum Gasteiger partial charge on any atom is -0.834 e. The Hall–Kier alpha value is -2.52. The third-order valence-corrected chi connectivity index (χ3v) is 6.93. The van der Waals surface area contributed by atoms with Gasteiger partial charge in [-0.3, -0.25) is 0 Å². The molecule has 4 aromatic rings. The van der Waals surface area contributed by atoms with Crippen LogP contribution in [0.1, 0.15) is 28.0 Å². The lowest BCUT2D eigenvalue weighted by molar-refractivity contribution is -0.905. The second-order valence-corrected chi connectivity index (χ2v) is 9.86. The average molecular weight is 456 g/mol. The number of nitrogens with zero attached hydrogens (tertiary/aromatic N) is 3. The molecule has 0 amide bonds. The van der Waals surface area contributed by atoms with Crippen LogP contribution in [0.5, 0.6) is 5.75 Å². The number of thiophene rings is 2. The zero-order valence-electron chi connectivity index (χ0n) is 17.6. The van der Waals surface area contributed by atoms with E-state index in [-0.39, 0.29) is 5.89 Å². The SMILES string of the molecule is C[N+](C)(CCCOc1ccccc1)Cc1nnc(C([O-])(c2cccs2)c2cccs2)o1. The zero-order valence-corrected chi connectivity index (χ0v) is 19.2. The molecule has 0 bridgehead atoms. The van der Waals surface area contributed by atoms with Crippen LogP contribution in [-0.2, 0) is 12.1 Å². The molecule has 0 saturated heterocycles. The molecule has 0 atom stereocenters. The normalized spacial score (nSPS) is 12.2. The van der Waals surface area contributed by atoms with Crippen molar-refractivity contribution < 1.29 is 18.7 Å². The van der Waals surface area contributed by atoms with E-state index >= 15 is 0 Å². The van der Waals surface area contributed by atoms with Gasteiger partial charge in [0, 0.05) is 21.8 Å². The molecule has 0 aliphatic rings. The van der Waals surface area contributed by atoms with Crippen LogP contribution in [0.4, 0.5) is 0 Å². The molecule has 6 nitrogen and oxygen atoms in total. The number of para-hydroxylation sites is 1. The molecular formula is C23H25N3O3S2. The minimum atomic E-state index is -1.67. The summed E-state index contributed by atoms with van der Waals surface area (Å²) < 4.78 is 12.4. The summed E-state index contributed by atoms with van der Waals surface area (Å²) in [5, 5.41) is 26.1. The summed E-state index contributed by atoms with van der Waals surface area (Å²) >= 11 is 2.81. The first-order valence-electron chi connectivity index (χ1n) is 10.1. The second kappa shape index (κ2) is 9.32. The molecule has 162 valence electrons. The first-order chi connectivity index (χ1) is 15.0. The van der Waals surface area contributed by atoms with Gasteiger partial charge in [0.1, 0.15) is 5.75 Å². The van der Waals surface area contributed by atoms with Crippen molar-refractivity contribution >= 4 is 22.7 Å². The fraction of sp³-hybridized carbons (Fsp3) is 0.304. The van der Waals surface area contributed by atoms with E-state index in [1.165, 1.54) is 22.7 Å². The molecule has 0 fully saturated rings. The molecule has 0 unspecified atom stereocenters. The molecular weight excluding hydrogens is 430 g/mol. The molecule has 0 radical (unpaired) electrons. The number of hydrogen-bond acceptors (Lipinski definition) is 7. The third-order valence-electron chi connectivity index (χ3n) is 4.99. The van der Waals surface area contributed by atoms with Gasteiger partial charge in [0.15, 0.2) is 6.54 Å². The van der Waals surface area contributed by atoms with Gasteiger partial charge in [-0.2, -0.15) is 0 Å². The number of aromatic nitrogens is 2. The van der Waals surface area contributed by atoms with Gasteiger partial charge in [-0.15, -0.1) is 32.9 Å². The van der Waals surface area contributed by atoms with Crippen molar-refractivity contribution in [3.63, 3.8) is 0 Å². The van der Waals surface area contributed by atoms with Crippen LogP contribution < -0.4 is 9.84 Å². The van der Waals surface area contributed by atoms with Gasteiger partial charge < -0.3 is 18.7 Å². The van der Waals surface area contributed by atoms with E-state index in [0.29, 0.717) is 33.3 Å². The molecule has 4 rings (SSSR count). The molecule has 0 N–H and O–H groups in total. The highest BCUT2D eigenvalue weighted by Crippen LogP contribution is 2.38. The van der Waals surface area contributed by atoms with Crippen molar-refractivity contribution in [3.05, 3.63) is 86.9 Å². The largest absolute Gasteiger partial charge is 0.834 e. The van der Waals surface area contributed by atoms with Crippen molar-refractivity contribution in [1.82, 2.24) is 10.2 Å². The summed E-state index contributed by atoms with van der Waals surface area (Å²) in [6.07, 6.45) is 0.888. The summed E-state index contributed by atoms with van der Waals surface area (Å²) in [5.74, 6) is 1.44. The maximum absolute atomic E-state index is 14.0. The predicted octanol–water partition coefficient (Wildman–Crippen LogP) is 3.89. The van der Waals surface area contributed by atoms with E-state index in [0.717, 1.165) is 18.7 Å². The summed E-state index contributed by atoms with van der Waals surface area (Å²) in [6.45, 7) is 2.06. The van der Waals surface area contributed by atoms with Crippen LogP contribution >= 0.6 is 22.7 Å². The number of ether oxygens (including phenoxy) is 1. The Morgan fingerprint density at radius 1 is 0.968 bits per heavy atom. The lowest BCUT2D eigenvalue weighted by atomic mass is 10.00. The standard InChI is InChI=1S/C23H25N3O3S2/c1-26(2,13-8-14-28-18-9-4-3-5-10-18)17-21-24-25-22(29-21)23(27,19-11-6-15-30-19)20-12-7-16-31-20/h3-7,9-12,15-16H,8,13-14,17H2,1-2H3. The smallest absolute Gasteiger partial charge is 0.271 e. The summed E-state index contributed by atoms with van der Waals surface area (Å²) in [7, 11) is 4.21. The van der Waals surface area contributed by atoms with E-state index in [4.69, 9.17) is 9.15 Å². The van der Waals surface area contributed by atoms with Crippen molar-refractivity contribution in [1.29, 1.82) is 0 Å². The van der Waals surface area contributed by atoms with Crippen molar-refractivity contribution in [2.45, 2.75) is 18.6 Å². The Bertz CT molecular complexity index is 1030. The van der Waals surface area contributed by atoms with Crippen LogP contribution in [0.25, 0.3) is 0 Å². The predicted molar refractivity (Wildman–Crippen MR) is 120 cm³/mol. The van der Waals surface area contributed by atoms with Gasteiger partial charge in [-0.1, -0.05) is 30.3 Å². The molecule has 3 aromatic heterocycles. The lowest BCUT2D eigenvalue weighted by Gasteiger charge is -2.35. The van der Waals surface area contributed by atoms with Gasteiger partial charge in [0.2, 0.25) is 5.89 Å². The molecule has 31 heavy (non-hydrogen) atoms. The van der Waals surface area contributed by atoms with Crippen molar-refractivity contribution in [2.24, 2.45) is 0 Å². The monoisotopic (exact) mass is 455 g/mol. The van der Waals surface area contributed by atoms with Crippen molar-refractivity contribution in [2.75, 3.05) is 27.2 Å². The highest BCUT2D eigenvalue weighted by molar-refractivity contribution is 7.11. The molecule has 1 aromatic carbocycles. The van der Waals surface area contributed by atoms with Gasteiger partial charge >= 0.3 is 0 Å². The highest BCUT2D eigenvalue weighted by Gasteiger charge is 2.33. The number of quaternary nitrogens is 1. The van der Waals surface area contributed by atoms with Gasteiger partial charge in [-0.05, 0) is 35.0 Å². The Balaban J connectivity index is 1.41. The molecule has 0 saturated carbocycles. The number of hydrogen-bond donors (Lipinski definition) is 0. The Morgan fingerprint density at radius 3 is 2.26 bits per heavy atom. The molecule has 0 aliphatic carbocycles. The quantitative estimate of drug-likeness (QED) is 0.268. The van der Waals surface area contributed by atoms with Gasteiger partial charge in [0.05, 0.1) is 27.2 Å². The summed E-state index contributed by atoms with van der Waals surface area (Å²) in [6, 6.07) is 17.2. The zero-order chi connectivity index (χ0) is 21.7. The number of benzene rings is 1. The van der Waals surface area contributed by atoms with Crippen LogP contribution in [-0.4, -0.2) is 41.9 Å². The van der Waals surface area contributed by atoms with E-state index in [2.05, 4.69) is 24.3 Å². The van der Waals surface area contributed by atoms with Crippen LogP contribution in [0.3, 0.4) is 0 Å². The maximum Gasteiger partial charge on any atom is 0.271 e. The maximum atomic E-state index is 14.0. The Kier molecular flexibility index (Phi) is 6.52. The fourth-order valence-corrected chi connectivity index (χ4v) is 5.11. The summed E-state index contributed by atoms with van der Waals surface area (Å²) in [5.41, 5.74) is -1.67. The van der Waals surface area contributed by atoms with E-state index in [1.807, 2.05) is 65.4 Å². The Labute approximate surface area is 190 Å². The lowest BCUT2D eigenvalue weighted by Crippen LogP contribution is -2.42. The molecule has 3 heterocycles. The summed E-state index contributed by atoms with van der Waals surface area (Å²) in [4.78, 5) is 1.30. The van der Waals surface area contributed by atoms with E-state index in [9.17, 15) is 5.11 Å². The Morgan fingerprint density at radius 2 is 1.65 bits per heavy atom. The average Bonchev–Trinajstić information content (AvgIpc) is 3.54. The minimum absolute atomic E-state index is 0.0970. The van der Waals surface area contributed by atoms with Crippen molar-refractivity contribution in [3.8, 4) is 5.75 Å². The van der Waals surface area contributed by atoms with Gasteiger partial charge in [-0.25, -0.2) is 0 Å². The van der Waals surface area contributed by atoms with Crippen LogP contribution in [0, 0.1) is 0 Å². The molecule has 8 heteroatoms. The molecule has 0 aliphatic heterocycles. The number of rotatable bonds is 10. The second-order valence-electron chi connectivity index (χ2n) is 7.97. The topological polar surface area (TPSA) is 71.2 Å².